The first kappa shape index (κ1) is 16.5. The average molecular weight is 312 g/mol. The molecule has 0 atom stereocenters. The molecule has 3 N–H and O–H groups in total. The summed E-state index contributed by atoms with van der Waals surface area (Å²) < 4.78 is 18.6. The minimum Gasteiger partial charge on any atom is -0.445 e. The number of rotatable bonds is 4. The van der Waals surface area contributed by atoms with Crippen LogP contribution in [0.2, 0.25) is 0 Å². The number of amides is 1. The number of halogens is 1. The molecule has 118 valence electrons. The van der Waals surface area contributed by atoms with Crippen LogP contribution in [-0.4, -0.2) is 12.6 Å². The second-order valence-electron chi connectivity index (χ2n) is 4.74. The van der Waals surface area contributed by atoms with Crippen LogP contribution in [0.4, 0.5) is 9.18 Å². The van der Waals surface area contributed by atoms with E-state index in [4.69, 9.17) is 10.5 Å². The van der Waals surface area contributed by atoms with Gasteiger partial charge in [0.2, 0.25) is 0 Å². The Morgan fingerprint density at radius 3 is 2.70 bits per heavy atom. The number of hydrogen-bond donors (Lipinski definition) is 2. The highest BCUT2D eigenvalue weighted by Crippen LogP contribution is 2.08. The smallest absolute Gasteiger partial charge is 0.408 e. The van der Waals surface area contributed by atoms with Gasteiger partial charge >= 0.3 is 6.09 Å². The van der Waals surface area contributed by atoms with Gasteiger partial charge in [-0.2, -0.15) is 0 Å². The maximum Gasteiger partial charge on any atom is 0.408 e. The first-order valence-electron chi connectivity index (χ1n) is 7.11. The first-order chi connectivity index (χ1) is 11.2. The molecule has 0 aliphatic rings. The van der Waals surface area contributed by atoms with E-state index < -0.39 is 11.9 Å². The van der Waals surface area contributed by atoms with E-state index in [1.165, 1.54) is 6.07 Å². The highest BCUT2D eigenvalue weighted by molar-refractivity contribution is 5.67. The number of ether oxygens (including phenoxy) is 1. The van der Waals surface area contributed by atoms with Gasteiger partial charge in [-0.3, -0.25) is 0 Å². The topological polar surface area (TPSA) is 64.3 Å². The van der Waals surface area contributed by atoms with Gasteiger partial charge in [-0.05, 0) is 23.3 Å². The summed E-state index contributed by atoms with van der Waals surface area (Å²) in [5.74, 6) is 4.93. The molecule has 5 heteroatoms. The number of alkyl carbamates (subject to hydrolysis) is 1. The summed E-state index contributed by atoms with van der Waals surface area (Å²) in [6.07, 6.45) is -0.570. The largest absolute Gasteiger partial charge is 0.445 e. The van der Waals surface area contributed by atoms with E-state index in [1.54, 1.807) is 12.1 Å². The third kappa shape index (κ3) is 5.46. The van der Waals surface area contributed by atoms with Gasteiger partial charge in [-0.1, -0.05) is 48.2 Å². The van der Waals surface area contributed by atoms with E-state index in [2.05, 4.69) is 17.2 Å². The Labute approximate surface area is 134 Å². The quantitative estimate of drug-likeness (QED) is 0.853. The van der Waals surface area contributed by atoms with Crippen molar-refractivity contribution >= 4 is 6.09 Å². The molecule has 0 saturated carbocycles. The van der Waals surface area contributed by atoms with Crippen molar-refractivity contribution in [3.63, 3.8) is 0 Å². The molecule has 1 amide bonds. The summed E-state index contributed by atoms with van der Waals surface area (Å²) in [4.78, 5) is 11.5. The van der Waals surface area contributed by atoms with Crippen molar-refractivity contribution in [3.05, 3.63) is 71.0 Å². The number of carbonyl (C=O) groups excluding carboxylic acids is 1. The lowest BCUT2D eigenvalue weighted by Gasteiger charge is -2.04. The van der Waals surface area contributed by atoms with Crippen LogP contribution in [0.1, 0.15) is 16.7 Å². The third-order valence-electron chi connectivity index (χ3n) is 3.02. The summed E-state index contributed by atoms with van der Waals surface area (Å²) in [5.41, 5.74) is 7.45. The first-order valence-corrected chi connectivity index (χ1v) is 7.11. The molecule has 0 saturated heterocycles. The van der Waals surface area contributed by atoms with Crippen LogP contribution in [0, 0.1) is 17.7 Å². The molecule has 2 aromatic carbocycles. The minimum atomic E-state index is -0.570. The molecule has 2 rings (SSSR count). The van der Waals surface area contributed by atoms with E-state index in [1.807, 2.05) is 30.3 Å². The Morgan fingerprint density at radius 2 is 1.96 bits per heavy atom. The molecular weight excluding hydrogens is 295 g/mol. The molecule has 0 bridgehead atoms. The summed E-state index contributed by atoms with van der Waals surface area (Å²) in [6.45, 7) is 0.576. The zero-order valence-electron chi connectivity index (χ0n) is 12.5. The maximum absolute atomic E-state index is 13.5. The number of carbonyl (C=O) groups is 1. The van der Waals surface area contributed by atoms with E-state index in [0.29, 0.717) is 6.54 Å². The molecule has 0 unspecified atom stereocenters. The minimum absolute atomic E-state index is 0.0694. The lowest BCUT2D eigenvalue weighted by Crippen LogP contribution is -2.24. The maximum atomic E-state index is 13.5. The van der Waals surface area contributed by atoms with Gasteiger partial charge in [-0.15, -0.1) is 0 Å². The van der Waals surface area contributed by atoms with Crippen LogP contribution in [-0.2, 0) is 17.9 Å². The zero-order chi connectivity index (χ0) is 16.5. The van der Waals surface area contributed by atoms with Crippen molar-refractivity contribution in [2.24, 2.45) is 5.73 Å². The van der Waals surface area contributed by atoms with Crippen LogP contribution in [0.5, 0.6) is 0 Å². The molecule has 0 fully saturated rings. The van der Waals surface area contributed by atoms with Gasteiger partial charge < -0.3 is 15.8 Å². The van der Waals surface area contributed by atoms with Crippen LogP contribution in [0.3, 0.4) is 0 Å². The average Bonchev–Trinajstić information content (AvgIpc) is 2.59. The second kappa shape index (κ2) is 8.57. The molecule has 23 heavy (non-hydrogen) atoms. The monoisotopic (exact) mass is 312 g/mol. The van der Waals surface area contributed by atoms with Crippen molar-refractivity contribution in [1.29, 1.82) is 0 Å². The van der Waals surface area contributed by atoms with E-state index >= 15 is 0 Å². The molecule has 0 aliphatic carbocycles. The number of nitrogens with two attached hydrogens (primary N) is 1. The van der Waals surface area contributed by atoms with E-state index in [-0.39, 0.29) is 18.7 Å². The summed E-state index contributed by atoms with van der Waals surface area (Å²) in [6, 6.07) is 13.9. The van der Waals surface area contributed by atoms with Crippen molar-refractivity contribution in [2.45, 2.75) is 13.2 Å². The Balaban J connectivity index is 1.80. The fourth-order valence-electron chi connectivity index (χ4n) is 1.83. The molecule has 2 aromatic rings. The number of hydrogen-bond acceptors (Lipinski definition) is 3. The van der Waals surface area contributed by atoms with Crippen molar-refractivity contribution in [3.8, 4) is 11.8 Å². The highest BCUT2D eigenvalue weighted by Gasteiger charge is 2.01. The van der Waals surface area contributed by atoms with Gasteiger partial charge in [0.25, 0.3) is 0 Å². The second-order valence-corrected chi connectivity index (χ2v) is 4.74. The van der Waals surface area contributed by atoms with Crippen LogP contribution in [0.15, 0.2) is 48.5 Å². The van der Waals surface area contributed by atoms with Gasteiger partial charge in [-0.25, -0.2) is 9.18 Å². The van der Waals surface area contributed by atoms with Gasteiger partial charge in [0, 0.05) is 6.54 Å². The number of nitrogens with one attached hydrogen (secondary N) is 1. The summed E-state index contributed by atoms with van der Waals surface area (Å²) in [7, 11) is 0. The lowest BCUT2D eigenvalue weighted by atomic mass is 10.1. The van der Waals surface area contributed by atoms with E-state index in [9.17, 15) is 9.18 Å². The van der Waals surface area contributed by atoms with Crippen LogP contribution >= 0.6 is 0 Å². The van der Waals surface area contributed by atoms with Crippen LogP contribution < -0.4 is 11.1 Å². The van der Waals surface area contributed by atoms with Crippen LogP contribution in [0.25, 0.3) is 0 Å². The predicted octanol–water partition coefficient (Wildman–Crippen LogP) is 2.56. The van der Waals surface area contributed by atoms with Gasteiger partial charge in [0.15, 0.2) is 0 Å². The van der Waals surface area contributed by atoms with E-state index in [0.717, 1.165) is 11.1 Å². The molecule has 0 aliphatic heterocycles. The SMILES string of the molecule is NCc1ccc(F)c(C#CCNC(=O)OCc2ccccc2)c1. The summed E-state index contributed by atoms with van der Waals surface area (Å²) >= 11 is 0. The zero-order valence-corrected chi connectivity index (χ0v) is 12.5. The van der Waals surface area contributed by atoms with Gasteiger partial charge in [0.1, 0.15) is 12.4 Å². The van der Waals surface area contributed by atoms with Gasteiger partial charge in [0.05, 0.1) is 12.1 Å². The standard InChI is InChI=1S/C18H17FN2O2/c19-17-9-8-15(12-20)11-16(17)7-4-10-21-18(22)23-13-14-5-2-1-3-6-14/h1-3,5-6,8-9,11H,10,12-13,20H2,(H,21,22). The molecule has 0 heterocycles. The lowest BCUT2D eigenvalue weighted by molar-refractivity contribution is 0.141. The third-order valence-corrected chi connectivity index (χ3v) is 3.02. The molecule has 4 nitrogen and oxygen atoms in total. The molecular formula is C18H17FN2O2. The Hall–Kier alpha value is -2.84. The summed E-state index contributed by atoms with van der Waals surface area (Å²) in [5, 5.41) is 2.49. The van der Waals surface area contributed by atoms with Crippen molar-refractivity contribution in [2.75, 3.05) is 6.54 Å². The number of benzene rings is 2. The van der Waals surface area contributed by atoms with Crippen molar-refractivity contribution in [1.82, 2.24) is 5.32 Å². The Morgan fingerprint density at radius 1 is 1.17 bits per heavy atom. The molecule has 0 spiro atoms. The molecule has 0 radical (unpaired) electrons. The molecule has 0 aromatic heterocycles. The highest BCUT2D eigenvalue weighted by atomic mass is 19.1. The Bertz CT molecular complexity index is 721. The fourth-order valence-corrected chi connectivity index (χ4v) is 1.83. The Kier molecular flexibility index (Phi) is 6.16. The normalized spacial score (nSPS) is 9.65. The predicted molar refractivity (Wildman–Crippen MR) is 85.8 cm³/mol. The van der Waals surface area contributed by atoms with Crippen molar-refractivity contribution < 1.29 is 13.9 Å². The fraction of sp³-hybridized carbons (Fsp3) is 0.167.